The lowest BCUT2D eigenvalue weighted by Crippen LogP contribution is -2.74. The highest BCUT2D eigenvalue weighted by Gasteiger charge is 2.41. The number of benzene rings is 10. The van der Waals surface area contributed by atoms with Crippen molar-refractivity contribution in [2.24, 2.45) is 0 Å². The lowest BCUT2D eigenvalue weighted by molar-refractivity contribution is 1.16. The van der Waals surface area contributed by atoms with E-state index < -0.39 is 8.07 Å². The predicted molar refractivity (Wildman–Crippen MR) is 283 cm³/mol. The molecule has 6 heteroatoms. The van der Waals surface area contributed by atoms with Gasteiger partial charge >= 0.3 is 0 Å². The van der Waals surface area contributed by atoms with Gasteiger partial charge in [-0.25, -0.2) is 0 Å². The second kappa shape index (κ2) is 15.5. The van der Waals surface area contributed by atoms with E-state index in [-0.39, 0.29) is 0 Å². The number of nitrogens with zero attached hydrogens (tertiary/aromatic N) is 5. The standard InChI is InChI=1S/C62H39N5Si/c63-40-42-27-31-59-53(35-42)51-23-10-12-25-57(51)66(59)45-29-33-61-55(38-45)56-39-46(67-58-26-13-11-24-52(58)54-36-43(41-64)28-32-60(54)67)30-34-62(56)65(61)44-15-14-22-50(37-44)68(47-16-4-1-5-17-47,48-18-6-2-7-19-48)49-20-8-3-9-21-49/h1-39H. The van der Waals surface area contributed by atoms with Crippen LogP contribution in [0.4, 0.5) is 0 Å². The average molecular weight is 882 g/mol. The lowest BCUT2D eigenvalue weighted by Gasteiger charge is -2.34. The Balaban J connectivity index is 1.11. The van der Waals surface area contributed by atoms with Crippen molar-refractivity contribution in [3.05, 3.63) is 248 Å². The molecular weight excluding hydrogens is 843 g/mol. The molecule has 0 atom stereocenters. The normalized spacial score (nSPS) is 11.8. The van der Waals surface area contributed by atoms with Crippen LogP contribution < -0.4 is 20.7 Å². The van der Waals surface area contributed by atoms with Crippen LogP contribution in [0.15, 0.2) is 237 Å². The van der Waals surface area contributed by atoms with E-state index in [0.717, 1.165) is 82.5 Å². The van der Waals surface area contributed by atoms with Gasteiger partial charge in [0.25, 0.3) is 0 Å². The SMILES string of the molecule is N#Cc1ccc2c(c1)c1ccccc1n2-c1ccc2c(c1)c1cc(-n3c4ccccc4c4cc(C#N)ccc43)ccc1n2-c1cccc([Si](c2ccccc2)(c2ccccc2)c2ccccc2)c1. The quantitative estimate of drug-likeness (QED) is 0.118. The van der Waals surface area contributed by atoms with Crippen LogP contribution in [0.25, 0.3) is 82.5 Å². The van der Waals surface area contributed by atoms with Gasteiger partial charge in [-0.1, -0.05) is 140 Å². The Bertz CT molecular complexity index is 3940. The van der Waals surface area contributed by atoms with E-state index in [0.29, 0.717) is 11.1 Å². The summed E-state index contributed by atoms with van der Waals surface area (Å²) in [7, 11) is -2.85. The first kappa shape index (κ1) is 39.2. The highest BCUT2D eigenvalue weighted by atomic mass is 28.3. The minimum atomic E-state index is -2.85. The fourth-order valence-electron chi connectivity index (χ4n) is 11.1. The van der Waals surface area contributed by atoms with E-state index in [1.807, 2.05) is 24.3 Å². The molecule has 3 heterocycles. The summed E-state index contributed by atoms with van der Waals surface area (Å²) in [5, 5.41) is 31.6. The Labute approximate surface area is 393 Å². The number of para-hydroxylation sites is 2. The molecule has 0 aliphatic rings. The molecule has 0 fully saturated rings. The summed E-state index contributed by atoms with van der Waals surface area (Å²) in [6.07, 6.45) is 0. The van der Waals surface area contributed by atoms with Crippen molar-refractivity contribution in [3.63, 3.8) is 0 Å². The molecule has 0 saturated carbocycles. The Morgan fingerprint density at radius 3 is 1.03 bits per heavy atom. The van der Waals surface area contributed by atoms with Crippen molar-refractivity contribution in [2.45, 2.75) is 0 Å². The van der Waals surface area contributed by atoms with E-state index in [1.165, 1.54) is 20.7 Å². The van der Waals surface area contributed by atoms with Crippen LogP contribution in [0.5, 0.6) is 0 Å². The van der Waals surface area contributed by atoms with Gasteiger partial charge in [-0.3, -0.25) is 0 Å². The molecule has 5 nitrogen and oxygen atoms in total. The van der Waals surface area contributed by atoms with Gasteiger partial charge in [0.2, 0.25) is 0 Å². The smallest absolute Gasteiger partial charge is 0.179 e. The molecule has 0 radical (unpaired) electrons. The van der Waals surface area contributed by atoms with Gasteiger partial charge in [0, 0.05) is 49.4 Å². The van der Waals surface area contributed by atoms with E-state index in [4.69, 9.17) is 0 Å². The molecule has 68 heavy (non-hydrogen) atoms. The van der Waals surface area contributed by atoms with E-state index >= 15 is 0 Å². The van der Waals surface area contributed by atoms with Crippen molar-refractivity contribution in [1.82, 2.24) is 13.7 Å². The van der Waals surface area contributed by atoms with Gasteiger partial charge in [0.05, 0.1) is 56.4 Å². The lowest BCUT2D eigenvalue weighted by atomic mass is 10.1. The summed E-state index contributed by atoms with van der Waals surface area (Å²) in [6, 6.07) is 89.9. The van der Waals surface area contributed by atoms with Crippen molar-refractivity contribution in [1.29, 1.82) is 10.5 Å². The summed E-state index contributed by atoms with van der Waals surface area (Å²) in [4.78, 5) is 0. The second-order valence-corrected chi connectivity index (χ2v) is 21.3. The molecule has 0 amide bonds. The van der Waals surface area contributed by atoms with E-state index in [1.54, 1.807) is 0 Å². The molecule has 0 saturated heterocycles. The number of rotatable bonds is 7. The van der Waals surface area contributed by atoms with Crippen LogP contribution in [0.1, 0.15) is 11.1 Å². The third-order valence-electron chi connectivity index (χ3n) is 14.0. The maximum Gasteiger partial charge on any atom is 0.179 e. The molecule has 0 spiro atoms. The molecule has 0 aliphatic heterocycles. The van der Waals surface area contributed by atoms with E-state index in [2.05, 4.69) is 238 Å². The number of hydrogen-bond acceptors (Lipinski definition) is 2. The maximum atomic E-state index is 9.90. The Morgan fingerprint density at radius 1 is 0.265 bits per heavy atom. The van der Waals surface area contributed by atoms with Crippen molar-refractivity contribution in [2.75, 3.05) is 0 Å². The van der Waals surface area contributed by atoms with Crippen LogP contribution in [-0.4, -0.2) is 21.8 Å². The summed E-state index contributed by atoms with van der Waals surface area (Å²) in [5.41, 5.74) is 10.9. The molecule has 0 bridgehead atoms. The van der Waals surface area contributed by atoms with Gasteiger partial charge in [0.1, 0.15) is 0 Å². The van der Waals surface area contributed by atoms with Crippen LogP contribution in [0, 0.1) is 22.7 Å². The summed E-state index contributed by atoms with van der Waals surface area (Å²) in [5.74, 6) is 0. The summed E-state index contributed by atoms with van der Waals surface area (Å²) < 4.78 is 7.11. The first-order valence-electron chi connectivity index (χ1n) is 22.9. The number of hydrogen-bond donors (Lipinski definition) is 0. The van der Waals surface area contributed by atoms with Crippen LogP contribution in [-0.2, 0) is 0 Å². The molecule has 10 aromatic carbocycles. The third-order valence-corrected chi connectivity index (χ3v) is 18.8. The van der Waals surface area contributed by atoms with Crippen molar-refractivity contribution >= 4 is 94.2 Å². The zero-order chi connectivity index (χ0) is 45.3. The van der Waals surface area contributed by atoms with E-state index in [9.17, 15) is 10.5 Å². The fourth-order valence-corrected chi connectivity index (χ4v) is 15.9. The van der Waals surface area contributed by atoms with Gasteiger partial charge in [-0.2, -0.15) is 10.5 Å². The molecule has 13 aromatic rings. The Hall–Kier alpha value is -9.20. The number of aromatic nitrogens is 3. The summed E-state index contributed by atoms with van der Waals surface area (Å²) in [6.45, 7) is 0. The molecule has 316 valence electrons. The first-order chi connectivity index (χ1) is 33.6. The highest BCUT2D eigenvalue weighted by molar-refractivity contribution is 7.19. The van der Waals surface area contributed by atoms with Gasteiger partial charge in [0.15, 0.2) is 8.07 Å². The molecule has 13 rings (SSSR count). The van der Waals surface area contributed by atoms with Crippen molar-refractivity contribution in [3.8, 4) is 29.2 Å². The fraction of sp³-hybridized carbons (Fsp3) is 0. The second-order valence-electron chi connectivity index (χ2n) is 17.5. The monoisotopic (exact) mass is 881 g/mol. The molecular formula is C62H39N5Si. The van der Waals surface area contributed by atoms with Gasteiger partial charge in [-0.05, 0) is 118 Å². The largest absolute Gasteiger partial charge is 0.309 e. The molecule has 0 unspecified atom stereocenters. The minimum Gasteiger partial charge on any atom is -0.309 e. The Morgan fingerprint density at radius 2 is 0.603 bits per heavy atom. The first-order valence-corrected chi connectivity index (χ1v) is 24.9. The molecule has 3 aromatic heterocycles. The zero-order valence-corrected chi connectivity index (χ0v) is 37.8. The maximum absolute atomic E-state index is 9.90. The summed E-state index contributed by atoms with van der Waals surface area (Å²) >= 11 is 0. The Kier molecular flexibility index (Phi) is 8.91. The number of nitriles is 2. The van der Waals surface area contributed by atoms with Crippen molar-refractivity contribution < 1.29 is 0 Å². The van der Waals surface area contributed by atoms with Gasteiger partial charge in [-0.15, -0.1) is 0 Å². The van der Waals surface area contributed by atoms with Gasteiger partial charge < -0.3 is 13.7 Å². The topological polar surface area (TPSA) is 62.4 Å². The molecule has 0 N–H and O–H groups in total. The average Bonchev–Trinajstić information content (AvgIpc) is 4.04. The minimum absolute atomic E-state index is 0.640. The van der Waals surface area contributed by atoms with Crippen LogP contribution in [0.3, 0.4) is 0 Å². The third kappa shape index (κ3) is 5.79. The zero-order valence-electron chi connectivity index (χ0n) is 36.8. The number of fused-ring (bicyclic) bond motifs is 9. The predicted octanol–water partition coefficient (Wildman–Crippen LogP) is 12.1. The van der Waals surface area contributed by atoms with Crippen LogP contribution >= 0.6 is 0 Å². The molecule has 0 aliphatic carbocycles. The van der Waals surface area contributed by atoms with Crippen LogP contribution in [0.2, 0.25) is 0 Å². The highest BCUT2D eigenvalue weighted by Crippen LogP contribution is 2.40.